The van der Waals surface area contributed by atoms with Gasteiger partial charge in [0.2, 0.25) is 0 Å². The number of carbonyl (C=O) groups excluding carboxylic acids is 1. The second kappa shape index (κ2) is 5.96. The smallest absolute Gasteiger partial charge is 0.306 e. The van der Waals surface area contributed by atoms with Gasteiger partial charge in [-0.3, -0.25) is 4.79 Å². The molecule has 2 fully saturated rings. The fraction of sp³-hybridized carbons (Fsp3) is 0.867. The monoisotopic (exact) mass is 313 g/mol. The lowest BCUT2D eigenvalue weighted by Crippen LogP contribution is -2.38. The molecule has 2 saturated carbocycles. The Morgan fingerprint density at radius 1 is 1.38 bits per heavy atom. The van der Waals surface area contributed by atoms with Crippen molar-refractivity contribution in [2.45, 2.75) is 50.7 Å². The summed E-state index contributed by atoms with van der Waals surface area (Å²) in [5.74, 6) is -0.396. The molecule has 3 atom stereocenters. The summed E-state index contributed by atoms with van der Waals surface area (Å²) < 4.78 is 30.1. The average molecular weight is 313 g/mol. The third-order valence-electron chi connectivity index (χ3n) is 4.89. The number of ether oxygens (including phenoxy) is 1. The molecule has 118 valence electrons. The van der Waals surface area contributed by atoms with E-state index in [4.69, 9.17) is 0 Å². The number of methoxy groups -OCH3 is 1. The van der Waals surface area contributed by atoms with Gasteiger partial charge in [0.05, 0.1) is 36.5 Å². The van der Waals surface area contributed by atoms with Gasteiger partial charge in [-0.1, -0.05) is 6.92 Å². The van der Waals surface area contributed by atoms with E-state index in [1.54, 1.807) is 0 Å². The Bertz CT molecular complexity index is 545. The van der Waals surface area contributed by atoms with E-state index in [1.807, 2.05) is 6.92 Å². The Labute approximate surface area is 126 Å². The topological polar surface area (TPSA) is 84.2 Å². The number of nitrogens with zero attached hydrogens (tertiary/aromatic N) is 1. The van der Waals surface area contributed by atoms with Crippen LogP contribution in [-0.4, -0.2) is 32.5 Å². The zero-order valence-electron chi connectivity index (χ0n) is 12.7. The van der Waals surface area contributed by atoms with E-state index in [-0.39, 0.29) is 18.1 Å². The predicted molar refractivity (Wildman–Crippen MR) is 78.0 cm³/mol. The van der Waals surface area contributed by atoms with Gasteiger partial charge in [-0.25, -0.2) is 8.42 Å². The Hall–Kier alpha value is -1.09. The van der Waals surface area contributed by atoms with Crippen LogP contribution in [0.1, 0.15) is 45.4 Å². The molecule has 0 aromatic rings. The molecule has 0 amide bonds. The SMILES string of the molecule is COC(=O)CC1(CS(=O)(=O)C2CC(C)CCC2C#N)CC1. The summed E-state index contributed by atoms with van der Waals surface area (Å²) in [6.07, 6.45) is 3.81. The van der Waals surface area contributed by atoms with Crippen molar-refractivity contribution >= 4 is 15.8 Å². The van der Waals surface area contributed by atoms with Gasteiger partial charge >= 0.3 is 5.97 Å². The second-order valence-electron chi connectivity index (χ2n) is 6.75. The summed E-state index contributed by atoms with van der Waals surface area (Å²) in [5, 5.41) is 8.65. The molecule has 0 saturated heterocycles. The van der Waals surface area contributed by atoms with E-state index < -0.39 is 26.4 Å². The van der Waals surface area contributed by atoms with Crippen molar-refractivity contribution < 1.29 is 17.9 Å². The van der Waals surface area contributed by atoms with Crippen LogP contribution >= 0.6 is 0 Å². The minimum absolute atomic E-state index is 0.0185. The standard InChI is InChI=1S/C15H23NO4S/c1-11-3-4-12(9-16)13(7-11)21(18,19)10-15(5-6-15)8-14(17)20-2/h11-13H,3-8,10H2,1-2H3. The van der Waals surface area contributed by atoms with Crippen molar-refractivity contribution in [1.29, 1.82) is 5.26 Å². The van der Waals surface area contributed by atoms with E-state index in [9.17, 15) is 18.5 Å². The summed E-state index contributed by atoms with van der Waals surface area (Å²) >= 11 is 0. The minimum Gasteiger partial charge on any atom is -0.469 e. The lowest BCUT2D eigenvalue weighted by atomic mass is 9.83. The first-order valence-electron chi connectivity index (χ1n) is 7.50. The first kappa shape index (κ1) is 16.3. The van der Waals surface area contributed by atoms with Gasteiger partial charge in [0, 0.05) is 0 Å². The number of hydrogen-bond acceptors (Lipinski definition) is 5. The Morgan fingerprint density at radius 3 is 2.57 bits per heavy atom. The van der Waals surface area contributed by atoms with E-state index in [0.29, 0.717) is 18.8 Å². The molecule has 2 rings (SSSR count). The van der Waals surface area contributed by atoms with Gasteiger partial charge in [0.1, 0.15) is 0 Å². The molecule has 3 unspecified atom stereocenters. The maximum Gasteiger partial charge on any atom is 0.306 e. The molecule has 0 spiro atoms. The van der Waals surface area contributed by atoms with Crippen LogP contribution in [0.2, 0.25) is 0 Å². The number of esters is 1. The predicted octanol–water partition coefficient (Wildman–Crippen LogP) is 2.07. The third-order valence-corrected chi connectivity index (χ3v) is 7.35. The lowest BCUT2D eigenvalue weighted by Gasteiger charge is -2.31. The third kappa shape index (κ3) is 3.76. The van der Waals surface area contributed by atoms with Gasteiger partial charge in [-0.15, -0.1) is 0 Å². The molecule has 0 bridgehead atoms. The lowest BCUT2D eigenvalue weighted by molar-refractivity contribution is -0.141. The van der Waals surface area contributed by atoms with Crippen molar-refractivity contribution in [1.82, 2.24) is 0 Å². The molecule has 6 heteroatoms. The fourth-order valence-corrected chi connectivity index (χ4v) is 6.11. The van der Waals surface area contributed by atoms with E-state index in [0.717, 1.165) is 19.3 Å². The van der Waals surface area contributed by atoms with Crippen LogP contribution in [0.5, 0.6) is 0 Å². The molecule has 0 N–H and O–H groups in total. The maximum atomic E-state index is 12.7. The molecule has 0 aromatic carbocycles. The van der Waals surface area contributed by atoms with Crippen molar-refractivity contribution in [3.8, 4) is 6.07 Å². The van der Waals surface area contributed by atoms with Crippen LogP contribution in [0.4, 0.5) is 0 Å². The zero-order valence-corrected chi connectivity index (χ0v) is 13.5. The van der Waals surface area contributed by atoms with E-state index >= 15 is 0 Å². The number of carbonyl (C=O) groups is 1. The number of sulfone groups is 1. The van der Waals surface area contributed by atoms with Crippen LogP contribution in [0.15, 0.2) is 0 Å². The molecule has 0 heterocycles. The Balaban J connectivity index is 2.10. The van der Waals surface area contributed by atoms with Crippen molar-refractivity contribution in [2.75, 3.05) is 12.9 Å². The van der Waals surface area contributed by atoms with Gasteiger partial charge in [-0.05, 0) is 43.4 Å². The number of nitriles is 1. The first-order chi connectivity index (χ1) is 9.82. The van der Waals surface area contributed by atoms with E-state index in [1.165, 1.54) is 7.11 Å². The van der Waals surface area contributed by atoms with Crippen molar-refractivity contribution in [3.63, 3.8) is 0 Å². The van der Waals surface area contributed by atoms with Gasteiger partial charge in [0.15, 0.2) is 9.84 Å². The molecule has 2 aliphatic rings. The second-order valence-corrected chi connectivity index (χ2v) is 8.97. The Kier molecular flexibility index (Phi) is 4.62. The summed E-state index contributed by atoms with van der Waals surface area (Å²) in [4.78, 5) is 11.4. The largest absolute Gasteiger partial charge is 0.469 e. The van der Waals surface area contributed by atoms with Crippen LogP contribution in [0, 0.1) is 28.6 Å². The molecule has 0 aliphatic heterocycles. The Morgan fingerprint density at radius 2 is 2.05 bits per heavy atom. The normalized spacial score (nSPS) is 31.2. The van der Waals surface area contributed by atoms with Crippen LogP contribution < -0.4 is 0 Å². The molecular formula is C15H23NO4S. The van der Waals surface area contributed by atoms with Crippen molar-refractivity contribution in [2.24, 2.45) is 17.3 Å². The van der Waals surface area contributed by atoms with Crippen LogP contribution in [0.3, 0.4) is 0 Å². The quantitative estimate of drug-likeness (QED) is 0.725. The molecule has 2 aliphatic carbocycles. The fourth-order valence-electron chi connectivity index (χ4n) is 3.33. The summed E-state index contributed by atoms with van der Waals surface area (Å²) in [7, 11) is -2.04. The summed E-state index contributed by atoms with van der Waals surface area (Å²) in [6.45, 7) is 2.04. The molecule has 21 heavy (non-hydrogen) atoms. The van der Waals surface area contributed by atoms with E-state index in [2.05, 4.69) is 10.8 Å². The van der Waals surface area contributed by atoms with Crippen LogP contribution in [-0.2, 0) is 19.4 Å². The van der Waals surface area contributed by atoms with Gasteiger partial charge in [-0.2, -0.15) is 5.26 Å². The molecule has 0 radical (unpaired) electrons. The molecule has 0 aromatic heterocycles. The van der Waals surface area contributed by atoms with Gasteiger partial charge < -0.3 is 4.74 Å². The highest BCUT2D eigenvalue weighted by molar-refractivity contribution is 7.92. The summed E-state index contributed by atoms with van der Waals surface area (Å²) in [5.41, 5.74) is -0.438. The number of rotatable bonds is 5. The highest BCUT2D eigenvalue weighted by Crippen LogP contribution is 2.51. The molecular weight excluding hydrogens is 290 g/mol. The highest BCUT2D eigenvalue weighted by Gasteiger charge is 2.50. The van der Waals surface area contributed by atoms with Crippen molar-refractivity contribution in [3.05, 3.63) is 0 Å². The van der Waals surface area contributed by atoms with Crippen LogP contribution in [0.25, 0.3) is 0 Å². The van der Waals surface area contributed by atoms with Gasteiger partial charge in [0.25, 0.3) is 0 Å². The molecule has 5 nitrogen and oxygen atoms in total. The summed E-state index contributed by atoms with van der Waals surface area (Å²) in [6, 6.07) is 2.17. The average Bonchev–Trinajstić information content (AvgIpc) is 3.17. The minimum atomic E-state index is -3.36. The number of hydrogen-bond donors (Lipinski definition) is 0. The highest BCUT2D eigenvalue weighted by atomic mass is 32.2. The maximum absolute atomic E-state index is 12.7. The zero-order chi connectivity index (χ0) is 15.7. The first-order valence-corrected chi connectivity index (χ1v) is 9.21.